The third-order valence-electron chi connectivity index (χ3n) is 5.17. The maximum absolute atomic E-state index is 12.8. The Morgan fingerprint density at radius 2 is 1.65 bits per heavy atom. The van der Waals surface area contributed by atoms with Gasteiger partial charge < -0.3 is 14.8 Å². The van der Waals surface area contributed by atoms with Crippen LogP contribution >= 0.6 is 0 Å². The monoisotopic (exact) mass is 321 g/mol. The van der Waals surface area contributed by atoms with Gasteiger partial charge in [0.1, 0.15) is 0 Å². The van der Waals surface area contributed by atoms with Gasteiger partial charge in [-0.2, -0.15) is 0 Å². The molecule has 0 unspecified atom stereocenters. The topological polar surface area (TPSA) is 98.8 Å². The van der Waals surface area contributed by atoms with Gasteiger partial charge in [0, 0.05) is 11.8 Å². The predicted molar refractivity (Wildman–Crippen MR) is 76.9 cm³/mol. The van der Waals surface area contributed by atoms with Crippen LogP contribution in [0.2, 0.25) is 0 Å². The Kier molecular flexibility index (Phi) is 3.54. The van der Waals surface area contributed by atoms with E-state index in [1.54, 1.807) is 26.0 Å². The lowest BCUT2D eigenvalue weighted by molar-refractivity contribution is -0.184. The van der Waals surface area contributed by atoms with Crippen molar-refractivity contribution >= 4 is 23.6 Å². The zero-order valence-electron chi connectivity index (χ0n) is 13.1. The molecule has 7 nitrogen and oxygen atoms in total. The first-order valence-electron chi connectivity index (χ1n) is 7.86. The minimum atomic E-state index is -1.86. The van der Waals surface area contributed by atoms with E-state index in [4.69, 9.17) is 9.47 Å². The fourth-order valence-electron chi connectivity index (χ4n) is 4.34. The zero-order valence-corrected chi connectivity index (χ0v) is 13.1. The summed E-state index contributed by atoms with van der Waals surface area (Å²) >= 11 is 0. The van der Waals surface area contributed by atoms with Gasteiger partial charge in [0.15, 0.2) is 11.0 Å². The summed E-state index contributed by atoms with van der Waals surface area (Å²) in [7, 11) is 0. The number of amides is 1. The van der Waals surface area contributed by atoms with Gasteiger partial charge in [-0.15, -0.1) is 0 Å². The lowest BCUT2D eigenvalue weighted by Crippen LogP contribution is -2.72. The summed E-state index contributed by atoms with van der Waals surface area (Å²) in [6, 6.07) is 0. The van der Waals surface area contributed by atoms with Crippen molar-refractivity contribution in [1.82, 2.24) is 5.32 Å². The van der Waals surface area contributed by atoms with Gasteiger partial charge >= 0.3 is 11.9 Å². The highest BCUT2D eigenvalue weighted by Gasteiger charge is 2.80. The Morgan fingerprint density at radius 1 is 1.09 bits per heavy atom. The fourth-order valence-corrected chi connectivity index (χ4v) is 4.34. The van der Waals surface area contributed by atoms with E-state index >= 15 is 0 Å². The minimum absolute atomic E-state index is 0.0576. The molecule has 1 N–H and O–H groups in total. The van der Waals surface area contributed by atoms with Gasteiger partial charge in [-0.3, -0.25) is 14.4 Å². The summed E-state index contributed by atoms with van der Waals surface area (Å²) in [6.07, 6.45) is 4.68. The molecule has 4 rings (SSSR count). The second-order valence-corrected chi connectivity index (χ2v) is 6.02. The highest BCUT2D eigenvalue weighted by molar-refractivity contribution is 6.47. The highest BCUT2D eigenvalue weighted by Crippen LogP contribution is 2.59. The van der Waals surface area contributed by atoms with E-state index in [2.05, 4.69) is 5.32 Å². The number of fused-ring (bicyclic) bond motifs is 1. The number of esters is 2. The standard InChI is InChI=1S/C16H19NO6/c1-3-22-13(20)15-9-5-7-10(8-6-9)16(15,14(21)23-4-2)17-12(19)11(15)18/h5,7,9-10H,3-4,6,8H2,1-2H3,(H,17,19)/t9-,10+,15-,16+/m1/s1. The van der Waals surface area contributed by atoms with E-state index in [9.17, 15) is 19.2 Å². The van der Waals surface area contributed by atoms with Crippen LogP contribution in [-0.4, -0.2) is 42.4 Å². The van der Waals surface area contributed by atoms with E-state index in [1.807, 2.05) is 0 Å². The molecule has 0 radical (unpaired) electrons. The van der Waals surface area contributed by atoms with E-state index in [0.29, 0.717) is 12.8 Å². The number of carbonyl (C=O) groups is 4. The second kappa shape index (κ2) is 5.18. The van der Waals surface area contributed by atoms with Gasteiger partial charge in [0.2, 0.25) is 5.78 Å². The Bertz CT molecular complexity index is 626. The molecule has 1 saturated carbocycles. The zero-order chi connectivity index (χ0) is 16.8. The van der Waals surface area contributed by atoms with Crippen molar-refractivity contribution in [3.63, 3.8) is 0 Å². The number of hydrogen-bond donors (Lipinski definition) is 1. The third-order valence-corrected chi connectivity index (χ3v) is 5.17. The number of rotatable bonds is 4. The largest absolute Gasteiger partial charge is 0.465 e. The Labute approximate surface area is 133 Å². The molecule has 2 fully saturated rings. The first-order chi connectivity index (χ1) is 11.0. The normalized spacial score (nSPS) is 37.3. The van der Waals surface area contributed by atoms with Crippen LogP contribution in [0.4, 0.5) is 0 Å². The van der Waals surface area contributed by atoms with Crippen molar-refractivity contribution < 1.29 is 28.7 Å². The van der Waals surface area contributed by atoms with Crippen molar-refractivity contribution in [2.24, 2.45) is 17.3 Å². The molecule has 7 heteroatoms. The van der Waals surface area contributed by atoms with Crippen molar-refractivity contribution in [2.45, 2.75) is 32.2 Å². The summed E-state index contributed by atoms with van der Waals surface area (Å²) in [5.41, 5.74) is -3.55. The molecule has 1 saturated heterocycles. The van der Waals surface area contributed by atoms with Crippen molar-refractivity contribution in [3.05, 3.63) is 12.2 Å². The number of ether oxygens (including phenoxy) is 2. The maximum atomic E-state index is 12.8. The Morgan fingerprint density at radius 3 is 2.22 bits per heavy atom. The number of carbonyl (C=O) groups excluding carboxylic acids is 4. The van der Waals surface area contributed by atoms with E-state index in [-0.39, 0.29) is 13.2 Å². The number of hydrogen-bond acceptors (Lipinski definition) is 6. The number of ketones is 1. The summed E-state index contributed by atoms with van der Waals surface area (Å²) < 4.78 is 10.3. The van der Waals surface area contributed by atoms with E-state index < -0.39 is 46.4 Å². The molecule has 4 atom stereocenters. The van der Waals surface area contributed by atoms with Gasteiger partial charge in [0.25, 0.3) is 5.91 Å². The van der Waals surface area contributed by atoms with E-state index in [0.717, 1.165) is 0 Å². The van der Waals surface area contributed by atoms with Crippen LogP contribution in [0.25, 0.3) is 0 Å². The summed E-state index contributed by atoms with van der Waals surface area (Å²) in [6.45, 7) is 3.40. The van der Waals surface area contributed by atoms with Crippen molar-refractivity contribution in [1.29, 1.82) is 0 Å². The molecule has 0 aromatic heterocycles. The van der Waals surface area contributed by atoms with Crippen LogP contribution in [0.5, 0.6) is 0 Å². The summed E-state index contributed by atoms with van der Waals surface area (Å²) in [5, 5.41) is 2.50. The number of allylic oxidation sites excluding steroid dienone is 1. The molecule has 124 valence electrons. The van der Waals surface area contributed by atoms with Crippen LogP contribution < -0.4 is 5.32 Å². The van der Waals surface area contributed by atoms with Gasteiger partial charge in [-0.1, -0.05) is 12.2 Å². The molecule has 23 heavy (non-hydrogen) atoms. The first-order valence-corrected chi connectivity index (χ1v) is 7.86. The smallest absolute Gasteiger partial charge is 0.334 e. The SMILES string of the molecule is CCOC(=O)[C@@]12C(=O)C(=O)N[C@]1(C(=O)OCC)[C@H]1C=C[C@@H]2CC1. The summed E-state index contributed by atoms with van der Waals surface area (Å²) in [4.78, 5) is 50.5. The Hall–Kier alpha value is -2.18. The molecule has 2 bridgehead atoms. The molecule has 3 aliphatic carbocycles. The molecule has 1 heterocycles. The number of Topliss-reactive ketones (excluding diaryl/α,β-unsaturated/α-hetero) is 1. The molecular weight excluding hydrogens is 302 g/mol. The Balaban J connectivity index is 2.25. The van der Waals surface area contributed by atoms with E-state index in [1.165, 1.54) is 0 Å². The quantitative estimate of drug-likeness (QED) is 0.342. The van der Waals surface area contributed by atoms with Crippen molar-refractivity contribution in [2.75, 3.05) is 13.2 Å². The molecule has 4 aliphatic rings. The van der Waals surface area contributed by atoms with Gasteiger partial charge in [0.05, 0.1) is 13.2 Å². The highest BCUT2D eigenvalue weighted by atomic mass is 16.5. The van der Waals surface area contributed by atoms with Crippen LogP contribution in [-0.2, 0) is 28.7 Å². The molecular formula is C16H19NO6. The van der Waals surface area contributed by atoms with Crippen LogP contribution in [0.1, 0.15) is 26.7 Å². The van der Waals surface area contributed by atoms with Crippen LogP contribution in [0.15, 0.2) is 12.2 Å². The van der Waals surface area contributed by atoms with Crippen LogP contribution in [0.3, 0.4) is 0 Å². The average Bonchev–Trinajstić information content (AvgIpc) is 2.81. The number of nitrogens with one attached hydrogen (secondary N) is 1. The molecule has 0 spiro atoms. The third kappa shape index (κ3) is 1.65. The molecule has 0 aromatic rings. The van der Waals surface area contributed by atoms with Gasteiger partial charge in [-0.05, 0) is 26.7 Å². The molecule has 1 aliphatic heterocycles. The fraction of sp³-hybridized carbons (Fsp3) is 0.625. The predicted octanol–water partition coefficient (Wildman–Crippen LogP) is 0.133. The minimum Gasteiger partial charge on any atom is -0.465 e. The van der Waals surface area contributed by atoms with Gasteiger partial charge in [-0.25, -0.2) is 4.79 Å². The average molecular weight is 321 g/mol. The van der Waals surface area contributed by atoms with Crippen molar-refractivity contribution in [3.8, 4) is 0 Å². The lowest BCUT2D eigenvalue weighted by Gasteiger charge is -2.53. The maximum Gasteiger partial charge on any atom is 0.334 e. The second-order valence-electron chi connectivity index (χ2n) is 6.02. The summed E-state index contributed by atoms with van der Waals surface area (Å²) in [5.74, 6) is -4.41. The lowest BCUT2D eigenvalue weighted by atomic mass is 9.49. The molecule has 1 amide bonds. The molecule has 0 aromatic carbocycles. The first kappa shape index (κ1) is 15.7. The van der Waals surface area contributed by atoms with Crippen LogP contribution in [0, 0.1) is 17.3 Å².